The van der Waals surface area contributed by atoms with Crippen LogP contribution in [0.15, 0.2) is 54.6 Å². The Balaban J connectivity index is 1.65. The Hall–Kier alpha value is -2.40. The minimum atomic E-state index is -1.21. The number of carboxylic acid groups (broad SMARTS) is 1. The molecule has 2 bridgehead atoms. The summed E-state index contributed by atoms with van der Waals surface area (Å²) in [5.41, 5.74) is 1.21. The van der Waals surface area contributed by atoms with Crippen LogP contribution in [-0.2, 0) is 20.7 Å². The Kier molecular flexibility index (Phi) is 3.99. The van der Waals surface area contributed by atoms with E-state index in [2.05, 4.69) is 6.58 Å². The minimum Gasteiger partial charge on any atom is -0.550 e. The lowest BCUT2D eigenvalue weighted by Gasteiger charge is -2.33. The fourth-order valence-electron chi connectivity index (χ4n) is 4.75. The molecule has 2 saturated heterocycles. The van der Waals surface area contributed by atoms with Crippen LogP contribution in [0.4, 0.5) is 0 Å². The zero-order chi connectivity index (χ0) is 18.5. The van der Waals surface area contributed by atoms with Crippen molar-refractivity contribution < 1.29 is 19.4 Å². The summed E-state index contributed by atoms with van der Waals surface area (Å²) in [5.74, 6) is -2.98. The second-order valence-electron chi connectivity index (χ2n) is 7.56. The fourth-order valence-corrected chi connectivity index (χ4v) is 4.75. The number of hydrogen-bond donors (Lipinski definition) is 0. The van der Waals surface area contributed by atoms with Gasteiger partial charge >= 0.3 is 0 Å². The Morgan fingerprint density at radius 3 is 2.73 bits per heavy atom. The van der Waals surface area contributed by atoms with Crippen molar-refractivity contribution in [1.29, 1.82) is 0 Å². The van der Waals surface area contributed by atoms with Crippen molar-refractivity contribution in [3.8, 4) is 0 Å². The molecule has 1 aromatic rings. The molecule has 1 spiro atoms. The monoisotopic (exact) mass is 352 g/mol. The molecule has 26 heavy (non-hydrogen) atoms. The predicted octanol–water partition coefficient (Wildman–Crippen LogP) is 1.10. The molecule has 1 amide bonds. The summed E-state index contributed by atoms with van der Waals surface area (Å²) in [6.45, 7) is 6.45. The normalized spacial score (nSPS) is 34.3. The second kappa shape index (κ2) is 6.09. The van der Waals surface area contributed by atoms with Gasteiger partial charge in [-0.25, -0.2) is 0 Å². The van der Waals surface area contributed by atoms with Crippen LogP contribution in [0, 0.1) is 11.8 Å². The van der Waals surface area contributed by atoms with Gasteiger partial charge in [-0.15, -0.1) is 6.58 Å². The number of ether oxygens (including phenoxy) is 1. The summed E-state index contributed by atoms with van der Waals surface area (Å²) >= 11 is 0. The summed E-state index contributed by atoms with van der Waals surface area (Å²) in [4.78, 5) is 26.7. The van der Waals surface area contributed by atoms with Crippen LogP contribution in [0.5, 0.6) is 0 Å². The lowest BCUT2D eigenvalue weighted by molar-refractivity contribution is -0.313. The third-order valence-corrected chi connectivity index (χ3v) is 5.83. The molecular formula is C21H22NO4-. The van der Waals surface area contributed by atoms with Crippen molar-refractivity contribution in [2.75, 3.05) is 6.54 Å². The average molecular weight is 352 g/mol. The van der Waals surface area contributed by atoms with E-state index in [0.717, 1.165) is 11.1 Å². The minimum absolute atomic E-state index is 0.145. The number of aliphatic carboxylic acids is 1. The molecule has 136 valence electrons. The standard InChI is InChI=1S/C21H23NO4/c1-13(2)12-16-21-10-8-15(26-21)17(20(24)25)18(21)19(23)22(16)11-9-14-6-4-3-5-7-14/h3-8,10,15-18H,1,9,11-12H2,2H3,(H,24,25)/p-1/t15-,16-,17+,18+,21+/m0/s1. The molecule has 0 radical (unpaired) electrons. The van der Waals surface area contributed by atoms with E-state index in [-0.39, 0.29) is 11.9 Å². The lowest BCUT2D eigenvalue weighted by atomic mass is 9.74. The molecule has 0 aromatic heterocycles. The van der Waals surface area contributed by atoms with Crippen molar-refractivity contribution in [3.63, 3.8) is 0 Å². The number of rotatable bonds is 6. The van der Waals surface area contributed by atoms with Gasteiger partial charge in [0.25, 0.3) is 0 Å². The molecule has 0 unspecified atom stereocenters. The first kappa shape index (κ1) is 17.0. The van der Waals surface area contributed by atoms with Gasteiger partial charge in [0.1, 0.15) is 5.60 Å². The maximum atomic E-state index is 13.2. The van der Waals surface area contributed by atoms with Crippen LogP contribution in [-0.4, -0.2) is 41.1 Å². The van der Waals surface area contributed by atoms with E-state index in [1.807, 2.05) is 43.3 Å². The number of carboxylic acids is 1. The summed E-state index contributed by atoms with van der Waals surface area (Å²) in [5, 5.41) is 11.7. The highest BCUT2D eigenvalue weighted by Gasteiger charge is 2.69. The number of carbonyl (C=O) groups is 2. The third-order valence-electron chi connectivity index (χ3n) is 5.83. The molecule has 0 saturated carbocycles. The van der Waals surface area contributed by atoms with Crippen molar-refractivity contribution >= 4 is 11.9 Å². The van der Waals surface area contributed by atoms with E-state index in [1.165, 1.54) is 0 Å². The molecule has 3 heterocycles. The zero-order valence-corrected chi connectivity index (χ0v) is 14.8. The number of carbonyl (C=O) groups excluding carboxylic acids is 2. The maximum Gasteiger partial charge on any atom is 0.230 e. The van der Waals surface area contributed by atoms with Gasteiger partial charge in [-0.05, 0) is 25.3 Å². The number of fused-ring (bicyclic) bond motifs is 1. The van der Waals surface area contributed by atoms with Crippen LogP contribution < -0.4 is 5.11 Å². The molecule has 4 rings (SSSR count). The van der Waals surface area contributed by atoms with Gasteiger partial charge in [0.05, 0.1) is 18.1 Å². The second-order valence-corrected chi connectivity index (χ2v) is 7.56. The van der Waals surface area contributed by atoms with Crippen LogP contribution in [0.3, 0.4) is 0 Å². The summed E-state index contributed by atoms with van der Waals surface area (Å²) < 4.78 is 6.09. The van der Waals surface area contributed by atoms with Gasteiger partial charge in [-0.3, -0.25) is 4.79 Å². The van der Waals surface area contributed by atoms with Gasteiger partial charge in [-0.1, -0.05) is 48.1 Å². The van der Waals surface area contributed by atoms with Crippen molar-refractivity contribution in [3.05, 3.63) is 60.2 Å². The van der Waals surface area contributed by atoms with Gasteiger partial charge in [0.2, 0.25) is 5.91 Å². The number of hydrogen-bond acceptors (Lipinski definition) is 4. The molecule has 3 aliphatic heterocycles. The van der Waals surface area contributed by atoms with Crippen LogP contribution in [0.2, 0.25) is 0 Å². The third kappa shape index (κ3) is 2.42. The molecule has 5 nitrogen and oxygen atoms in total. The number of likely N-dealkylation sites (tertiary alicyclic amines) is 1. The van der Waals surface area contributed by atoms with Crippen molar-refractivity contribution in [2.45, 2.75) is 37.5 Å². The SMILES string of the molecule is C=C(C)C[C@@H]1N(CCc2ccccc2)C(=O)[C@H]2[C@H](C(=O)[O-])[C@@H]3C=C[C@@]12O3. The number of nitrogens with zero attached hydrogens (tertiary/aromatic N) is 1. The summed E-state index contributed by atoms with van der Waals surface area (Å²) in [7, 11) is 0. The zero-order valence-electron chi connectivity index (χ0n) is 14.8. The fraction of sp³-hybridized carbons (Fsp3) is 0.429. The van der Waals surface area contributed by atoms with Crippen molar-refractivity contribution in [1.82, 2.24) is 4.90 Å². The first-order chi connectivity index (χ1) is 12.4. The van der Waals surface area contributed by atoms with Gasteiger partial charge in [0.15, 0.2) is 0 Å². The highest BCUT2D eigenvalue weighted by atomic mass is 16.5. The first-order valence-corrected chi connectivity index (χ1v) is 9.01. The smallest absolute Gasteiger partial charge is 0.230 e. The van der Waals surface area contributed by atoms with Gasteiger partial charge in [0, 0.05) is 18.4 Å². The van der Waals surface area contributed by atoms with Crippen LogP contribution in [0.1, 0.15) is 18.9 Å². The maximum absolute atomic E-state index is 13.2. The van der Waals surface area contributed by atoms with Crippen LogP contribution in [0.25, 0.3) is 0 Å². The summed E-state index contributed by atoms with van der Waals surface area (Å²) in [6, 6.07) is 9.73. The van der Waals surface area contributed by atoms with E-state index < -0.39 is 29.5 Å². The number of amides is 1. The molecule has 0 N–H and O–H groups in total. The molecule has 3 aliphatic rings. The van der Waals surface area contributed by atoms with E-state index in [4.69, 9.17) is 4.74 Å². The Morgan fingerprint density at radius 1 is 1.35 bits per heavy atom. The molecular weight excluding hydrogens is 330 g/mol. The summed E-state index contributed by atoms with van der Waals surface area (Å²) in [6.07, 6.45) is 4.41. The molecule has 1 aromatic carbocycles. The highest BCUT2D eigenvalue weighted by Crippen LogP contribution is 2.55. The van der Waals surface area contributed by atoms with Crippen molar-refractivity contribution in [2.24, 2.45) is 11.8 Å². The highest BCUT2D eigenvalue weighted by molar-refractivity contribution is 5.91. The number of benzene rings is 1. The van der Waals surface area contributed by atoms with Gasteiger partial charge < -0.3 is 19.5 Å². The largest absolute Gasteiger partial charge is 0.550 e. The molecule has 5 heteroatoms. The average Bonchev–Trinajstić information content (AvgIpc) is 3.24. The molecule has 0 aliphatic carbocycles. The Bertz CT molecular complexity index is 786. The molecule has 5 atom stereocenters. The van der Waals surface area contributed by atoms with Crippen LogP contribution >= 0.6 is 0 Å². The first-order valence-electron chi connectivity index (χ1n) is 9.01. The Morgan fingerprint density at radius 2 is 2.08 bits per heavy atom. The topological polar surface area (TPSA) is 69.7 Å². The Labute approximate surface area is 152 Å². The quantitative estimate of drug-likeness (QED) is 0.719. The van der Waals surface area contributed by atoms with E-state index in [9.17, 15) is 14.7 Å². The van der Waals surface area contributed by atoms with Gasteiger partial charge in [-0.2, -0.15) is 0 Å². The lowest BCUT2D eigenvalue weighted by Crippen LogP contribution is -2.46. The van der Waals surface area contributed by atoms with E-state index in [1.54, 1.807) is 11.0 Å². The van der Waals surface area contributed by atoms with E-state index in [0.29, 0.717) is 19.4 Å². The van der Waals surface area contributed by atoms with E-state index >= 15 is 0 Å². The molecule has 2 fully saturated rings. The predicted molar refractivity (Wildman–Crippen MR) is 93.8 cm³/mol.